The van der Waals surface area contributed by atoms with Crippen molar-refractivity contribution in [3.05, 3.63) is 105 Å². The Morgan fingerprint density at radius 2 is 0.811 bits per heavy atom. The zero-order chi connectivity index (χ0) is 27.6. The minimum absolute atomic E-state index is 0.502. The minimum atomic E-state index is -4.67. The van der Waals surface area contributed by atoms with Gasteiger partial charge in [-0.3, -0.25) is 9.11 Å². The molecule has 37 heavy (non-hydrogen) atoms. The molecule has 8 nitrogen and oxygen atoms in total. The SMILES string of the molecule is Nc1cc(Cl)ccc1Oc1ccc(Cl)cc1.Nc1cc(Cl)ccc1Oc1ccc(Cl)cc1.O=S(=O)(O)O. The van der Waals surface area contributed by atoms with Crippen LogP contribution in [-0.2, 0) is 10.4 Å². The maximum atomic E-state index is 8.74. The van der Waals surface area contributed by atoms with Crippen LogP contribution < -0.4 is 20.9 Å². The average molecular weight is 606 g/mol. The Hall–Kier alpha value is -2.89. The second-order valence-electron chi connectivity index (χ2n) is 6.92. The van der Waals surface area contributed by atoms with Crippen molar-refractivity contribution in [2.24, 2.45) is 0 Å². The van der Waals surface area contributed by atoms with Crippen LogP contribution in [0.2, 0.25) is 20.1 Å². The lowest BCUT2D eigenvalue weighted by Gasteiger charge is -2.08. The van der Waals surface area contributed by atoms with Gasteiger partial charge in [0.15, 0.2) is 0 Å². The first kappa shape index (κ1) is 30.3. The molecule has 0 spiro atoms. The fourth-order valence-electron chi connectivity index (χ4n) is 2.48. The molecule has 4 aromatic rings. The highest BCUT2D eigenvalue weighted by Crippen LogP contribution is 2.31. The van der Waals surface area contributed by atoms with Crippen molar-refractivity contribution in [2.75, 3.05) is 11.5 Å². The molecule has 4 rings (SSSR count). The summed E-state index contributed by atoms with van der Waals surface area (Å²) >= 11 is 23.1. The van der Waals surface area contributed by atoms with E-state index in [1.807, 2.05) is 0 Å². The third-order valence-corrected chi connectivity index (χ3v) is 5.00. The predicted molar refractivity (Wildman–Crippen MR) is 149 cm³/mol. The highest BCUT2D eigenvalue weighted by Gasteiger charge is 2.04. The van der Waals surface area contributed by atoms with Gasteiger partial charge in [0, 0.05) is 20.1 Å². The van der Waals surface area contributed by atoms with Gasteiger partial charge in [-0.15, -0.1) is 0 Å². The molecule has 196 valence electrons. The van der Waals surface area contributed by atoms with Crippen LogP contribution in [0.25, 0.3) is 0 Å². The molecule has 0 aliphatic heterocycles. The first-order chi connectivity index (χ1) is 17.3. The van der Waals surface area contributed by atoms with Gasteiger partial charge >= 0.3 is 10.4 Å². The summed E-state index contributed by atoms with van der Waals surface area (Å²) in [5.74, 6) is 2.51. The minimum Gasteiger partial charge on any atom is -0.455 e. The summed E-state index contributed by atoms with van der Waals surface area (Å²) < 4.78 is 42.7. The molecule has 0 saturated heterocycles. The zero-order valence-electron chi connectivity index (χ0n) is 18.7. The van der Waals surface area contributed by atoms with E-state index in [1.54, 1.807) is 84.9 Å². The van der Waals surface area contributed by atoms with Crippen molar-refractivity contribution in [1.29, 1.82) is 0 Å². The van der Waals surface area contributed by atoms with Gasteiger partial charge in [-0.2, -0.15) is 8.42 Å². The van der Waals surface area contributed by atoms with Crippen molar-refractivity contribution in [1.82, 2.24) is 0 Å². The highest BCUT2D eigenvalue weighted by molar-refractivity contribution is 7.79. The normalized spacial score (nSPS) is 10.3. The Bertz CT molecular complexity index is 1320. The molecule has 0 heterocycles. The van der Waals surface area contributed by atoms with E-state index in [-0.39, 0.29) is 0 Å². The highest BCUT2D eigenvalue weighted by atomic mass is 35.5. The Morgan fingerprint density at radius 1 is 0.541 bits per heavy atom. The molecule has 0 aliphatic carbocycles. The molecule has 6 N–H and O–H groups in total. The molecular formula is C24H20Cl4N2O6S. The molecule has 0 bridgehead atoms. The Balaban J connectivity index is 0.000000221. The second kappa shape index (κ2) is 14.2. The Kier molecular flexibility index (Phi) is 11.6. The number of nitrogens with two attached hydrogens (primary N) is 2. The summed E-state index contributed by atoms with van der Waals surface area (Å²) in [7, 11) is -4.67. The molecule has 0 saturated carbocycles. The zero-order valence-corrected chi connectivity index (χ0v) is 22.5. The van der Waals surface area contributed by atoms with Crippen LogP contribution in [-0.4, -0.2) is 17.5 Å². The number of benzene rings is 4. The second-order valence-corrected chi connectivity index (χ2v) is 9.57. The van der Waals surface area contributed by atoms with Gasteiger partial charge in [-0.1, -0.05) is 46.4 Å². The summed E-state index contributed by atoms with van der Waals surface area (Å²) in [4.78, 5) is 0. The fraction of sp³-hybridized carbons (Fsp3) is 0. The molecule has 0 atom stereocenters. The molecule has 0 amide bonds. The lowest BCUT2D eigenvalue weighted by atomic mass is 10.3. The molecule has 0 radical (unpaired) electrons. The maximum absolute atomic E-state index is 8.74. The van der Waals surface area contributed by atoms with Crippen molar-refractivity contribution in [2.45, 2.75) is 0 Å². The van der Waals surface area contributed by atoms with E-state index in [4.69, 9.17) is 84.9 Å². The standard InChI is InChI=1S/2C12H9Cl2NO.H2O4S/c2*13-8-1-4-10(5-2-8)16-12-6-3-9(14)7-11(12)15;1-5(2,3)4/h2*1-7H,15H2;(H2,1,2,3,4). The van der Waals surface area contributed by atoms with Gasteiger partial charge in [0.05, 0.1) is 11.4 Å². The van der Waals surface area contributed by atoms with Crippen LogP contribution in [0.5, 0.6) is 23.0 Å². The van der Waals surface area contributed by atoms with Gasteiger partial charge in [-0.05, 0) is 84.9 Å². The van der Waals surface area contributed by atoms with Crippen molar-refractivity contribution >= 4 is 68.2 Å². The van der Waals surface area contributed by atoms with Crippen LogP contribution in [0.1, 0.15) is 0 Å². The third kappa shape index (κ3) is 12.3. The monoisotopic (exact) mass is 604 g/mol. The van der Waals surface area contributed by atoms with Crippen LogP contribution in [0, 0.1) is 0 Å². The maximum Gasteiger partial charge on any atom is 0.394 e. The van der Waals surface area contributed by atoms with Crippen molar-refractivity contribution in [3.63, 3.8) is 0 Å². The summed E-state index contributed by atoms with van der Waals surface area (Å²) in [5, 5.41) is 2.50. The predicted octanol–water partition coefficient (Wildman–Crippen LogP) is 8.08. The average Bonchev–Trinajstić information content (AvgIpc) is 2.80. The number of nitrogen functional groups attached to an aromatic ring is 2. The van der Waals surface area contributed by atoms with E-state index < -0.39 is 10.4 Å². The number of anilines is 2. The van der Waals surface area contributed by atoms with Crippen molar-refractivity contribution in [3.8, 4) is 23.0 Å². The van der Waals surface area contributed by atoms with E-state index >= 15 is 0 Å². The molecule has 0 fully saturated rings. The van der Waals surface area contributed by atoms with E-state index in [2.05, 4.69) is 0 Å². The van der Waals surface area contributed by atoms with Gasteiger partial charge in [0.25, 0.3) is 0 Å². The summed E-state index contributed by atoms with van der Waals surface area (Å²) in [6, 6.07) is 24.3. The van der Waals surface area contributed by atoms with Crippen molar-refractivity contribution < 1.29 is 27.0 Å². The van der Waals surface area contributed by atoms with E-state index in [0.29, 0.717) is 54.5 Å². The fourth-order valence-corrected chi connectivity index (χ4v) is 3.10. The van der Waals surface area contributed by atoms with Crippen LogP contribution in [0.3, 0.4) is 0 Å². The third-order valence-electron chi connectivity index (χ3n) is 4.03. The summed E-state index contributed by atoms with van der Waals surface area (Å²) in [6.07, 6.45) is 0. The van der Waals surface area contributed by atoms with Gasteiger partial charge in [0.2, 0.25) is 0 Å². The molecule has 0 unspecified atom stereocenters. The van der Waals surface area contributed by atoms with Gasteiger partial charge in [-0.25, -0.2) is 0 Å². The Morgan fingerprint density at radius 3 is 1.08 bits per heavy atom. The number of hydrogen-bond donors (Lipinski definition) is 4. The van der Waals surface area contributed by atoms with E-state index in [0.717, 1.165) is 0 Å². The van der Waals surface area contributed by atoms with E-state index in [1.165, 1.54) is 0 Å². The molecular weight excluding hydrogens is 586 g/mol. The quantitative estimate of drug-likeness (QED) is 0.135. The van der Waals surface area contributed by atoms with Crippen LogP contribution >= 0.6 is 46.4 Å². The lowest BCUT2D eigenvalue weighted by molar-refractivity contribution is 0.381. The van der Waals surface area contributed by atoms with Gasteiger partial charge < -0.3 is 20.9 Å². The van der Waals surface area contributed by atoms with Crippen LogP contribution in [0.4, 0.5) is 11.4 Å². The van der Waals surface area contributed by atoms with E-state index in [9.17, 15) is 0 Å². The topological polar surface area (TPSA) is 145 Å². The van der Waals surface area contributed by atoms with Crippen LogP contribution in [0.15, 0.2) is 84.9 Å². The first-order valence-corrected chi connectivity index (χ1v) is 12.9. The smallest absolute Gasteiger partial charge is 0.394 e. The molecule has 13 heteroatoms. The number of ether oxygens (including phenoxy) is 2. The number of hydrogen-bond acceptors (Lipinski definition) is 6. The lowest BCUT2D eigenvalue weighted by Crippen LogP contribution is -1.91. The van der Waals surface area contributed by atoms with Gasteiger partial charge in [0.1, 0.15) is 23.0 Å². The summed E-state index contributed by atoms with van der Waals surface area (Å²) in [5.41, 5.74) is 12.5. The summed E-state index contributed by atoms with van der Waals surface area (Å²) in [6.45, 7) is 0. The molecule has 0 aromatic heterocycles. The molecule has 0 aliphatic rings. The number of halogens is 4. The first-order valence-electron chi connectivity index (χ1n) is 9.97. The Labute approximate surface area is 233 Å². The largest absolute Gasteiger partial charge is 0.455 e. The number of rotatable bonds is 4. The molecule has 4 aromatic carbocycles.